The summed E-state index contributed by atoms with van der Waals surface area (Å²) in [5, 5.41) is 2.05. The molecule has 2 rings (SSSR count). The van der Waals surface area contributed by atoms with Gasteiger partial charge in [0.05, 0.1) is 5.69 Å². The van der Waals surface area contributed by atoms with E-state index in [1.807, 2.05) is 5.32 Å². The van der Waals surface area contributed by atoms with Crippen LogP contribution in [0.3, 0.4) is 0 Å². The lowest BCUT2D eigenvalue weighted by atomic mass is 10.3. The van der Waals surface area contributed by atoms with Gasteiger partial charge >= 0.3 is 17.8 Å². The number of imide groups is 2. The summed E-state index contributed by atoms with van der Waals surface area (Å²) in [5.74, 6) is -4.75. The van der Waals surface area contributed by atoms with Crippen molar-refractivity contribution in [2.45, 2.75) is 19.9 Å². The first-order valence-corrected chi connectivity index (χ1v) is 6.66. The Hall–Kier alpha value is -2.84. The molecule has 0 spiro atoms. The fraction of sp³-hybridized carbons (Fsp3) is 0.286. The van der Waals surface area contributed by atoms with Crippen LogP contribution in [0.25, 0.3) is 0 Å². The minimum absolute atomic E-state index is 0.430. The third kappa shape index (κ3) is 3.17. The summed E-state index contributed by atoms with van der Waals surface area (Å²) >= 11 is 0. The monoisotopic (exact) mass is 325 g/mol. The van der Waals surface area contributed by atoms with Crippen LogP contribution in [0.15, 0.2) is 18.2 Å². The molecule has 0 unspecified atom stereocenters. The van der Waals surface area contributed by atoms with Gasteiger partial charge in [0, 0.05) is 12.1 Å². The highest BCUT2D eigenvalue weighted by Gasteiger charge is 2.46. The van der Waals surface area contributed by atoms with Crippen molar-refractivity contribution in [1.29, 1.82) is 0 Å². The molecule has 5 amide bonds. The summed E-state index contributed by atoms with van der Waals surface area (Å²) in [6, 6.07) is 0.975. The fourth-order valence-electron chi connectivity index (χ4n) is 2.04. The van der Waals surface area contributed by atoms with Gasteiger partial charge in [0.25, 0.3) is 0 Å². The molecule has 1 aliphatic rings. The number of carbonyl (C=O) groups excluding carboxylic acids is 4. The second-order valence-electron chi connectivity index (χ2n) is 5.12. The summed E-state index contributed by atoms with van der Waals surface area (Å²) in [4.78, 5) is 48.4. The Bertz CT molecular complexity index is 705. The van der Waals surface area contributed by atoms with E-state index in [1.165, 1.54) is 13.8 Å². The van der Waals surface area contributed by atoms with E-state index < -0.39 is 53.7 Å². The molecule has 7 nitrogen and oxygen atoms in total. The van der Waals surface area contributed by atoms with Crippen LogP contribution in [0.5, 0.6) is 0 Å². The number of hydrogen-bond acceptors (Lipinski definition) is 4. The SMILES string of the molecule is CC(C)N1C(=O)C(=O)N(CC(=O)Nc2cc(F)ccc2F)C1=O. The van der Waals surface area contributed by atoms with Crippen molar-refractivity contribution >= 4 is 29.4 Å². The predicted octanol–water partition coefficient (Wildman–Crippen LogP) is 1.10. The van der Waals surface area contributed by atoms with Gasteiger partial charge < -0.3 is 5.32 Å². The molecule has 0 radical (unpaired) electrons. The molecule has 0 saturated carbocycles. The summed E-state index contributed by atoms with van der Waals surface area (Å²) in [6.07, 6.45) is 0. The second kappa shape index (κ2) is 6.11. The predicted molar refractivity (Wildman–Crippen MR) is 74.1 cm³/mol. The highest BCUT2D eigenvalue weighted by Crippen LogP contribution is 2.17. The number of amides is 5. The number of urea groups is 1. The quantitative estimate of drug-likeness (QED) is 0.663. The number of hydrogen-bond donors (Lipinski definition) is 1. The van der Waals surface area contributed by atoms with Crippen molar-refractivity contribution in [2.24, 2.45) is 0 Å². The zero-order valence-electron chi connectivity index (χ0n) is 12.3. The van der Waals surface area contributed by atoms with Gasteiger partial charge in [0.1, 0.15) is 18.2 Å². The van der Waals surface area contributed by atoms with Gasteiger partial charge in [-0.2, -0.15) is 0 Å². The molecule has 0 bridgehead atoms. The van der Waals surface area contributed by atoms with Crippen LogP contribution in [-0.4, -0.2) is 46.1 Å². The molecule has 0 atom stereocenters. The van der Waals surface area contributed by atoms with Gasteiger partial charge in [-0.3, -0.25) is 19.3 Å². The molecule has 122 valence electrons. The first-order valence-electron chi connectivity index (χ1n) is 6.66. The van der Waals surface area contributed by atoms with E-state index in [4.69, 9.17) is 0 Å². The van der Waals surface area contributed by atoms with Crippen molar-refractivity contribution < 1.29 is 28.0 Å². The van der Waals surface area contributed by atoms with E-state index in [1.54, 1.807) is 0 Å². The number of rotatable bonds is 4. The van der Waals surface area contributed by atoms with E-state index in [-0.39, 0.29) is 0 Å². The minimum Gasteiger partial charge on any atom is -0.322 e. The van der Waals surface area contributed by atoms with E-state index in [0.717, 1.165) is 23.1 Å². The van der Waals surface area contributed by atoms with Crippen LogP contribution >= 0.6 is 0 Å². The molecule has 1 saturated heterocycles. The van der Waals surface area contributed by atoms with E-state index in [0.29, 0.717) is 4.90 Å². The minimum atomic E-state index is -1.14. The summed E-state index contributed by atoms with van der Waals surface area (Å²) in [6.45, 7) is 2.30. The zero-order chi connectivity index (χ0) is 17.3. The first kappa shape index (κ1) is 16.5. The van der Waals surface area contributed by atoms with E-state index in [2.05, 4.69) is 0 Å². The number of anilines is 1. The molecule has 1 aromatic rings. The first-order chi connectivity index (χ1) is 10.7. The standard InChI is InChI=1S/C14H13F2N3O4/c1-7(2)19-13(22)12(21)18(14(19)23)6-11(20)17-10-5-8(15)3-4-9(10)16/h3-5,7H,6H2,1-2H3,(H,17,20). The number of benzene rings is 1. The highest BCUT2D eigenvalue weighted by atomic mass is 19.1. The van der Waals surface area contributed by atoms with Crippen molar-refractivity contribution in [3.05, 3.63) is 29.8 Å². The van der Waals surface area contributed by atoms with Crippen molar-refractivity contribution in [3.63, 3.8) is 0 Å². The summed E-state index contributed by atoms with van der Waals surface area (Å²) in [7, 11) is 0. The van der Waals surface area contributed by atoms with E-state index in [9.17, 15) is 28.0 Å². The Kier molecular flexibility index (Phi) is 4.39. The molecule has 1 aliphatic heterocycles. The molecule has 0 aliphatic carbocycles. The fourth-order valence-corrected chi connectivity index (χ4v) is 2.04. The Morgan fingerprint density at radius 2 is 1.83 bits per heavy atom. The Morgan fingerprint density at radius 3 is 2.39 bits per heavy atom. The molecule has 1 fully saturated rings. The van der Waals surface area contributed by atoms with Crippen LogP contribution in [0.4, 0.5) is 19.3 Å². The van der Waals surface area contributed by atoms with Gasteiger partial charge in [-0.05, 0) is 26.0 Å². The maximum absolute atomic E-state index is 13.4. The van der Waals surface area contributed by atoms with E-state index >= 15 is 0 Å². The third-order valence-electron chi connectivity index (χ3n) is 3.10. The topological polar surface area (TPSA) is 86.8 Å². The molecule has 0 aromatic heterocycles. The van der Waals surface area contributed by atoms with Crippen molar-refractivity contribution in [2.75, 3.05) is 11.9 Å². The van der Waals surface area contributed by atoms with Gasteiger partial charge in [0.2, 0.25) is 5.91 Å². The lowest BCUT2D eigenvalue weighted by molar-refractivity contribution is -0.144. The number of nitrogens with one attached hydrogen (secondary N) is 1. The van der Waals surface area contributed by atoms with Gasteiger partial charge in [0.15, 0.2) is 0 Å². The Labute approximate surface area is 129 Å². The van der Waals surface area contributed by atoms with Crippen LogP contribution in [-0.2, 0) is 14.4 Å². The normalized spacial score (nSPS) is 14.9. The Balaban J connectivity index is 2.11. The molecular formula is C14H13F2N3O4. The van der Waals surface area contributed by atoms with Crippen LogP contribution in [0.1, 0.15) is 13.8 Å². The number of nitrogens with zero attached hydrogens (tertiary/aromatic N) is 2. The maximum atomic E-state index is 13.4. The van der Waals surface area contributed by atoms with Crippen molar-refractivity contribution in [1.82, 2.24) is 9.80 Å². The highest BCUT2D eigenvalue weighted by molar-refractivity contribution is 6.45. The van der Waals surface area contributed by atoms with Crippen molar-refractivity contribution in [3.8, 4) is 0 Å². The van der Waals surface area contributed by atoms with Gasteiger partial charge in [-0.15, -0.1) is 0 Å². The smallest absolute Gasteiger partial charge is 0.322 e. The molecule has 1 aromatic carbocycles. The van der Waals surface area contributed by atoms with Crippen LogP contribution in [0.2, 0.25) is 0 Å². The third-order valence-corrected chi connectivity index (χ3v) is 3.10. The largest absolute Gasteiger partial charge is 0.334 e. The maximum Gasteiger partial charge on any atom is 0.334 e. The Morgan fingerprint density at radius 1 is 1.17 bits per heavy atom. The lowest BCUT2D eigenvalue weighted by Crippen LogP contribution is -2.40. The van der Waals surface area contributed by atoms with Gasteiger partial charge in [-0.1, -0.05) is 0 Å². The molecule has 1 N–H and O–H groups in total. The van der Waals surface area contributed by atoms with Gasteiger partial charge in [-0.25, -0.2) is 18.5 Å². The number of carbonyl (C=O) groups is 4. The molecule has 23 heavy (non-hydrogen) atoms. The van der Waals surface area contributed by atoms with Crippen LogP contribution < -0.4 is 5.32 Å². The average molecular weight is 325 g/mol. The summed E-state index contributed by atoms with van der Waals surface area (Å²) < 4.78 is 26.5. The number of halogens is 2. The lowest BCUT2D eigenvalue weighted by Gasteiger charge is -2.18. The zero-order valence-corrected chi connectivity index (χ0v) is 12.3. The molecule has 1 heterocycles. The average Bonchev–Trinajstić information content (AvgIpc) is 2.66. The summed E-state index contributed by atoms with van der Waals surface area (Å²) in [5.41, 5.74) is -0.430. The second-order valence-corrected chi connectivity index (χ2v) is 5.12. The molecular weight excluding hydrogens is 312 g/mol. The molecule has 9 heteroatoms. The van der Waals surface area contributed by atoms with Crippen LogP contribution in [0, 0.1) is 11.6 Å².